The minimum absolute atomic E-state index is 0.0725. The molecule has 0 aliphatic carbocycles. The maximum Gasteiger partial charge on any atom is 0.409 e. The predicted octanol–water partition coefficient (Wildman–Crippen LogP) is 0.553. The van der Waals surface area contributed by atoms with Crippen molar-refractivity contribution in [2.45, 2.75) is 13.3 Å². The Morgan fingerprint density at radius 1 is 1.14 bits per heavy atom. The molecular weight excluding hydrogens is 184 g/mol. The van der Waals surface area contributed by atoms with Crippen LogP contribution in [0.2, 0.25) is 0 Å². The highest BCUT2D eigenvalue weighted by Crippen LogP contribution is 1.92. The normalized spacial score (nSPS) is 9.43. The van der Waals surface area contributed by atoms with Gasteiger partial charge in [-0.25, -0.2) is 4.79 Å². The first kappa shape index (κ1) is 12.7. The number of hydrogen-bond acceptors (Lipinski definition) is 3. The van der Waals surface area contributed by atoms with Crippen molar-refractivity contribution >= 4 is 12.0 Å². The summed E-state index contributed by atoms with van der Waals surface area (Å²) in [5, 5.41) is 0. The first-order chi connectivity index (χ1) is 6.52. The van der Waals surface area contributed by atoms with E-state index < -0.39 is 0 Å². The molecule has 0 unspecified atom stereocenters. The molecule has 0 aromatic heterocycles. The topological polar surface area (TPSA) is 49.9 Å². The highest BCUT2D eigenvalue weighted by molar-refractivity contribution is 5.75. The molecule has 0 aliphatic heterocycles. The number of carbonyl (C=O) groups excluding carboxylic acids is 2. The van der Waals surface area contributed by atoms with Crippen molar-refractivity contribution in [2.75, 3.05) is 34.3 Å². The van der Waals surface area contributed by atoms with Gasteiger partial charge < -0.3 is 14.5 Å². The standard InChI is InChI=1S/C9H18N2O3/c1-5-8(12)10(2)6-7-11(3)9(13)14-4/h5-7H2,1-4H3. The summed E-state index contributed by atoms with van der Waals surface area (Å²) in [6.45, 7) is 2.82. The molecule has 82 valence electrons. The van der Waals surface area contributed by atoms with Crippen LogP contribution in [0.15, 0.2) is 0 Å². The smallest absolute Gasteiger partial charge is 0.409 e. The Bertz CT molecular complexity index is 184. The molecule has 14 heavy (non-hydrogen) atoms. The van der Waals surface area contributed by atoms with Crippen molar-refractivity contribution in [3.63, 3.8) is 0 Å². The third-order valence-corrected chi connectivity index (χ3v) is 1.99. The van der Waals surface area contributed by atoms with Crippen molar-refractivity contribution in [3.8, 4) is 0 Å². The number of rotatable bonds is 4. The monoisotopic (exact) mass is 202 g/mol. The van der Waals surface area contributed by atoms with Crippen molar-refractivity contribution in [2.24, 2.45) is 0 Å². The quantitative estimate of drug-likeness (QED) is 0.669. The van der Waals surface area contributed by atoms with Gasteiger partial charge in [-0.3, -0.25) is 4.79 Å². The Morgan fingerprint density at radius 2 is 1.64 bits per heavy atom. The summed E-state index contributed by atoms with van der Waals surface area (Å²) in [6, 6.07) is 0. The first-order valence-electron chi connectivity index (χ1n) is 4.56. The summed E-state index contributed by atoms with van der Waals surface area (Å²) < 4.78 is 4.51. The number of carbonyl (C=O) groups is 2. The fourth-order valence-corrected chi connectivity index (χ4v) is 0.942. The largest absolute Gasteiger partial charge is 0.453 e. The Hall–Kier alpha value is -1.26. The molecule has 0 saturated carbocycles. The molecule has 0 saturated heterocycles. The van der Waals surface area contributed by atoms with Gasteiger partial charge in [0.1, 0.15) is 0 Å². The van der Waals surface area contributed by atoms with Gasteiger partial charge >= 0.3 is 6.09 Å². The number of likely N-dealkylation sites (N-methyl/N-ethyl adjacent to an activating group) is 2. The van der Waals surface area contributed by atoms with Gasteiger partial charge in [0.15, 0.2) is 0 Å². The summed E-state index contributed by atoms with van der Waals surface area (Å²) >= 11 is 0. The average Bonchev–Trinajstić information content (AvgIpc) is 2.22. The van der Waals surface area contributed by atoms with Gasteiger partial charge in [0.2, 0.25) is 5.91 Å². The zero-order chi connectivity index (χ0) is 11.1. The number of hydrogen-bond donors (Lipinski definition) is 0. The molecule has 0 aliphatic rings. The van der Waals surface area contributed by atoms with E-state index in [0.717, 1.165) is 0 Å². The lowest BCUT2D eigenvalue weighted by Crippen LogP contribution is -2.37. The Morgan fingerprint density at radius 3 is 2.07 bits per heavy atom. The second-order valence-corrected chi connectivity index (χ2v) is 3.06. The maximum atomic E-state index is 11.2. The van der Waals surface area contributed by atoms with Gasteiger partial charge in [-0.15, -0.1) is 0 Å². The molecule has 0 radical (unpaired) electrons. The Kier molecular flexibility index (Phi) is 5.67. The number of amides is 2. The molecule has 5 nitrogen and oxygen atoms in total. The fraction of sp³-hybridized carbons (Fsp3) is 0.778. The summed E-state index contributed by atoms with van der Waals surface area (Å²) in [5.41, 5.74) is 0. The van der Waals surface area contributed by atoms with Gasteiger partial charge in [-0.1, -0.05) is 6.92 Å². The second kappa shape index (κ2) is 6.23. The van der Waals surface area contributed by atoms with E-state index in [9.17, 15) is 9.59 Å². The second-order valence-electron chi connectivity index (χ2n) is 3.06. The molecule has 0 atom stereocenters. The summed E-state index contributed by atoms with van der Waals surface area (Å²) in [7, 11) is 4.69. The molecule has 0 aromatic carbocycles. The number of methoxy groups -OCH3 is 1. The molecule has 0 bridgehead atoms. The van der Waals surface area contributed by atoms with Gasteiger partial charge in [0, 0.05) is 33.6 Å². The Labute approximate surface area is 84.6 Å². The van der Waals surface area contributed by atoms with E-state index >= 15 is 0 Å². The van der Waals surface area contributed by atoms with E-state index in [1.807, 2.05) is 6.92 Å². The van der Waals surface area contributed by atoms with E-state index in [1.54, 1.807) is 19.0 Å². The highest BCUT2D eigenvalue weighted by atomic mass is 16.5. The molecular formula is C9H18N2O3. The van der Waals surface area contributed by atoms with Crippen LogP contribution in [0.1, 0.15) is 13.3 Å². The SMILES string of the molecule is CCC(=O)N(C)CCN(C)C(=O)OC. The van der Waals surface area contributed by atoms with Crippen molar-refractivity contribution in [1.82, 2.24) is 9.80 Å². The van der Waals surface area contributed by atoms with Crippen LogP contribution in [0.25, 0.3) is 0 Å². The van der Waals surface area contributed by atoms with Crippen LogP contribution < -0.4 is 0 Å². The van der Waals surface area contributed by atoms with E-state index in [2.05, 4.69) is 4.74 Å². The minimum Gasteiger partial charge on any atom is -0.453 e. The van der Waals surface area contributed by atoms with Gasteiger partial charge in [-0.2, -0.15) is 0 Å². The number of ether oxygens (including phenoxy) is 1. The lowest BCUT2D eigenvalue weighted by atomic mass is 10.4. The zero-order valence-electron chi connectivity index (χ0n) is 9.24. The molecule has 0 heterocycles. The molecule has 0 spiro atoms. The molecule has 0 rings (SSSR count). The van der Waals surface area contributed by atoms with Crippen LogP contribution in [0.5, 0.6) is 0 Å². The van der Waals surface area contributed by atoms with Crippen LogP contribution in [0, 0.1) is 0 Å². The van der Waals surface area contributed by atoms with Crippen LogP contribution in [0.4, 0.5) is 4.79 Å². The first-order valence-corrected chi connectivity index (χ1v) is 4.56. The summed E-state index contributed by atoms with van der Waals surface area (Å²) in [6.07, 6.45) is 0.0978. The molecule has 0 N–H and O–H groups in total. The van der Waals surface area contributed by atoms with Gasteiger partial charge in [0.25, 0.3) is 0 Å². The zero-order valence-corrected chi connectivity index (χ0v) is 9.24. The summed E-state index contributed by atoms with van der Waals surface area (Å²) in [4.78, 5) is 25.1. The van der Waals surface area contributed by atoms with Gasteiger partial charge in [0.05, 0.1) is 7.11 Å². The predicted molar refractivity (Wildman–Crippen MR) is 53.0 cm³/mol. The van der Waals surface area contributed by atoms with Crippen molar-refractivity contribution in [1.29, 1.82) is 0 Å². The Balaban J connectivity index is 3.82. The van der Waals surface area contributed by atoms with E-state index in [0.29, 0.717) is 19.5 Å². The maximum absolute atomic E-state index is 11.2. The van der Waals surface area contributed by atoms with Crippen molar-refractivity contribution < 1.29 is 14.3 Å². The highest BCUT2D eigenvalue weighted by Gasteiger charge is 2.10. The molecule has 5 heteroatoms. The van der Waals surface area contributed by atoms with Crippen LogP contribution in [0.3, 0.4) is 0 Å². The lowest BCUT2D eigenvalue weighted by molar-refractivity contribution is -0.129. The van der Waals surface area contributed by atoms with E-state index in [-0.39, 0.29) is 12.0 Å². The van der Waals surface area contributed by atoms with Gasteiger partial charge in [-0.05, 0) is 0 Å². The van der Waals surface area contributed by atoms with Crippen LogP contribution >= 0.6 is 0 Å². The van der Waals surface area contributed by atoms with E-state index in [4.69, 9.17) is 0 Å². The minimum atomic E-state index is -0.387. The third kappa shape index (κ3) is 4.11. The third-order valence-electron chi connectivity index (χ3n) is 1.99. The van der Waals surface area contributed by atoms with Crippen molar-refractivity contribution in [3.05, 3.63) is 0 Å². The lowest BCUT2D eigenvalue weighted by Gasteiger charge is -2.20. The van der Waals surface area contributed by atoms with Crippen LogP contribution in [-0.4, -0.2) is 56.1 Å². The molecule has 0 fully saturated rings. The fourth-order valence-electron chi connectivity index (χ4n) is 0.942. The summed E-state index contributed by atoms with van der Waals surface area (Å²) in [5.74, 6) is 0.0725. The van der Waals surface area contributed by atoms with Crippen LogP contribution in [-0.2, 0) is 9.53 Å². The van der Waals surface area contributed by atoms with E-state index in [1.165, 1.54) is 12.0 Å². The molecule has 0 aromatic rings. The number of nitrogens with zero attached hydrogens (tertiary/aromatic N) is 2. The average molecular weight is 202 g/mol. The molecule has 2 amide bonds.